The number of nitrogen functional groups attached to an aromatic ring is 1. The lowest BCUT2D eigenvalue weighted by atomic mass is 10.1. The number of carbonyl (C=O) groups is 1. The Morgan fingerprint density at radius 1 is 1.29 bits per heavy atom. The minimum absolute atomic E-state index is 0.0579. The van der Waals surface area contributed by atoms with Crippen molar-refractivity contribution in [2.24, 2.45) is 0 Å². The molecule has 0 unspecified atom stereocenters. The molecule has 0 aliphatic carbocycles. The lowest BCUT2D eigenvalue weighted by Gasteiger charge is -2.27. The van der Waals surface area contributed by atoms with Gasteiger partial charge in [0.1, 0.15) is 5.69 Å². The summed E-state index contributed by atoms with van der Waals surface area (Å²) >= 11 is 3.32. The molecule has 0 aliphatic heterocycles. The molecule has 0 spiro atoms. The third-order valence-electron chi connectivity index (χ3n) is 3.23. The van der Waals surface area contributed by atoms with Crippen molar-refractivity contribution in [2.45, 2.75) is 26.4 Å². The van der Waals surface area contributed by atoms with Crippen LogP contribution in [0.15, 0.2) is 47.1 Å². The second-order valence-electron chi connectivity index (χ2n) is 5.09. The molecule has 2 aromatic rings. The third kappa shape index (κ3) is 3.82. The van der Waals surface area contributed by atoms with Crippen LogP contribution in [0.2, 0.25) is 0 Å². The number of anilines is 1. The summed E-state index contributed by atoms with van der Waals surface area (Å²) < 4.78 is 0.849. The van der Waals surface area contributed by atoms with Crippen LogP contribution in [0.3, 0.4) is 0 Å². The van der Waals surface area contributed by atoms with Gasteiger partial charge < -0.3 is 10.6 Å². The first-order valence-corrected chi connectivity index (χ1v) is 7.54. The summed E-state index contributed by atoms with van der Waals surface area (Å²) in [5.41, 5.74) is 8.04. The number of hydrogen-bond acceptors (Lipinski definition) is 3. The first kappa shape index (κ1) is 15.5. The van der Waals surface area contributed by atoms with Crippen molar-refractivity contribution in [3.63, 3.8) is 0 Å². The predicted molar refractivity (Wildman–Crippen MR) is 87.8 cm³/mol. The lowest BCUT2D eigenvalue weighted by Crippen LogP contribution is -2.37. The second-order valence-corrected chi connectivity index (χ2v) is 6.00. The van der Waals surface area contributed by atoms with E-state index in [1.54, 1.807) is 17.2 Å². The molecule has 2 N–H and O–H groups in total. The van der Waals surface area contributed by atoms with Crippen molar-refractivity contribution in [2.75, 3.05) is 5.73 Å². The maximum Gasteiger partial charge on any atom is 0.272 e. The monoisotopic (exact) mass is 347 g/mol. The van der Waals surface area contributed by atoms with Gasteiger partial charge in [-0.25, -0.2) is 4.98 Å². The Hall–Kier alpha value is -1.88. The average Bonchev–Trinajstić information content (AvgIpc) is 2.46. The second kappa shape index (κ2) is 6.72. The molecule has 110 valence electrons. The Balaban J connectivity index is 2.25. The molecule has 0 fully saturated rings. The van der Waals surface area contributed by atoms with Crippen LogP contribution in [0.1, 0.15) is 29.9 Å². The fraction of sp³-hybridized carbons (Fsp3) is 0.250. The summed E-state index contributed by atoms with van der Waals surface area (Å²) in [5, 5.41) is 0. The van der Waals surface area contributed by atoms with Gasteiger partial charge in [-0.15, -0.1) is 0 Å². The van der Waals surface area contributed by atoms with Crippen molar-refractivity contribution >= 4 is 27.5 Å². The first-order valence-electron chi connectivity index (χ1n) is 6.75. The highest BCUT2D eigenvalue weighted by Crippen LogP contribution is 2.17. The van der Waals surface area contributed by atoms with E-state index < -0.39 is 0 Å². The number of nitrogens with zero attached hydrogens (tertiary/aromatic N) is 2. The van der Waals surface area contributed by atoms with Crippen LogP contribution < -0.4 is 5.73 Å². The van der Waals surface area contributed by atoms with Gasteiger partial charge in [-0.1, -0.05) is 18.2 Å². The molecule has 5 heteroatoms. The SMILES string of the molecule is CC(C)N(Cc1ccccc1N)C(=O)c1ccc(Br)cn1. The predicted octanol–water partition coefficient (Wildman–Crippen LogP) is 3.48. The van der Waals surface area contributed by atoms with Gasteiger partial charge in [-0.3, -0.25) is 4.79 Å². The number of benzene rings is 1. The molecular formula is C16H18BrN3O. The molecule has 1 aromatic carbocycles. The van der Waals surface area contributed by atoms with Crippen molar-refractivity contribution in [1.29, 1.82) is 0 Å². The molecule has 1 heterocycles. The Labute approximate surface area is 133 Å². The van der Waals surface area contributed by atoms with Crippen LogP contribution in [0.4, 0.5) is 5.69 Å². The molecule has 4 nitrogen and oxygen atoms in total. The molecular weight excluding hydrogens is 330 g/mol. The molecule has 0 saturated carbocycles. The molecule has 2 rings (SSSR count). The van der Waals surface area contributed by atoms with Gasteiger partial charge in [-0.05, 0) is 53.5 Å². The maximum atomic E-state index is 12.6. The molecule has 0 radical (unpaired) electrons. The van der Waals surface area contributed by atoms with Crippen LogP contribution >= 0.6 is 15.9 Å². The van der Waals surface area contributed by atoms with E-state index in [0.717, 1.165) is 10.0 Å². The molecule has 0 bridgehead atoms. The van der Waals surface area contributed by atoms with Gasteiger partial charge in [0.25, 0.3) is 5.91 Å². The molecule has 0 aliphatic rings. The van der Waals surface area contributed by atoms with E-state index >= 15 is 0 Å². The highest BCUT2D eigenvalue weighted by molar-refractivity contribution is 9.10. The van der Waals surface area contributed by atoms with Crippen LogP contribution in [0, 0.1) is 0 Å². The Morgan fingerprint density at radius 2 is 2.00 bits per heavy atom. The lowest BCUT2D eigenvalue weighted by molar-refractivity contribution is 0.0684. The van der Waals surface area contributed by atoms with Gasteiger partial charge in [0.15, 0.2) is 0 Å². The summed E-state index contributed by atoms with van der Waals surface area (Å²) in [4.78, 5) is 18.6. The zero-order chi connectivity index (χ0) is 15.4. The number of amides is 1. The Kier molecular flexibility index (Phi) is 4.96. The maximum absolute atomic E-state index is 12.6. The number of hydrogen-bond donors (Lipinski definition) is 1. The van der Waals surface area contributed by atoms with E-state index in [4.69, 9.17) is 5.73 Å². The molecule has 0 atom stereocenters. The van der Waals surface area contributed by atoms with Gasteiger partial charge in [0.05, 0.1) is 0 Å². The summed E-state index contributed by atoms with van der Waals surface area (Å²) in [6, 6.07) is 11.2. The highest BCUT2D eigenvalue weighted by atomic mass is 79.9. The number of carbonyl (C=O) groups excluding carboxylic acids is 1. The van der Waals surface area contributed by atoms with E-state index in [9.17, 15) is 4.79 Å². The third-order valence-corrected chi connectivity index (χ3v) is 3.70. The Morgan fingerprint density at radius 3 is 2.57 bits per heavy atom. The van der Waals surface area contributed by atoms with E-state index in [0.29, 0.717) is 17.9 Å². The quantitative estimate of drug-likeness (QED) is 0.861. The number of nitrogens with two attached hydrogens (primary N) is 1. The zero-order valence-corrected chi connectivity index (χ0v) is 13.7. The molecule has 0 saturated heterocycles. The van der Waals surface area contributed by atoms with E-state index in [1.165, 1.54) is 0 Å². The Bertz CT molecular complexity index is 626. The molecule has 1 aromatic heterocycles. The topological polar surface area (TPSA) is 59.2 Å². The average molecular weight is 348 g/mol. The minimum atomic E-state index is -0.0965. The van der Waals surface area contributed by atoms with Gasteiger partial charge in [-0.2, -0.15) is 0 Å². The van der Waals surface area contributed by atoms with Gasteiger partial charge in [0, 0.05) is 28.9 Å². The van der Waals surface area contributed by atoms with E-state index in [1.807, 2.05) is 44.2 Å². The molecule has 21 heavy (non-hydrogen) atoms. The summed E-state index contributed by atoms with van der Waals surface area (Å²) in [5.74, 6) is -0.0965. The fourth-order valence-electron chi connectivity index (χ4n) is 2.00. The minimum Gasteiger partial charge on any atom is -0.398 e. The fourth-order valence-corrected chi connectivity index (χ4v) is 2.23. The summed E-state index contributed by atoms with van der Waals surface area (Å²) in [6.45, 7) is 4.44. The van der Waals surface area contributed by atoms with Gasteiger partial charge in [0.2, 0.25) is 0 Å². The van der Waals surface area contributed by atoms with Crippen molar-refractivity contribution in [3.8, 4) is 0 Å². The van der Waals surface area contributed by atoms with Crippen LogP contribution in [-0.4, -0.2) is 21.8 Å². The number of pyridine rings is 1. The highest BCUT2D eigenvalue weighted by Gasteiger charge is 2.20. The number of aromatic nitrogens is 1. The summed E-state index contributed by atoms with van der Waals surface area (Å²) in [7, 11) is 0. The van der Waals surface area contributed by atoms with Crippen LogP contribution in [0.5, 0.6) is 0 Å². The standard InChI is InChI=1S/C16H18BrN3O/c1-11(2)20(10-12-5-3-4-6-14(12)18)16(21)15-8-7-13(17)9-19-15/h3-9,11H,10,18H2,1-2H3. The largest absolute Gasteiger partial charge is 0.398 e. The van der Waals surface area contributed by atoms with Crippen LogP contribution in [0.25, 0.3) is 0 Å². The number of rotatable bonds is 4. The van der Waals surface area contributed by atoms with Crippen molar-refractivity contribution in [1.82, 2.24) is 9.88 Å². The van der Waals surface area contributed by atoms with Crippen molar-refractivity contribution < 1.29 is 4.79 Å². The normalized spacial score (nSPS) is 10.7. The summed E-state index contributed by atoms with van der Waals surface area (Å²) in [6.07, 6.45) is 1.63. The van der Waals surface area contributed by atoms with Crippen LogP contribution in [-0.2, 0) is 6.54 Å². The van der Waals surface area contributed by atoms with Gasteiger partial charge >= 0.3 is 0 Å². The number of para-hydroxylation sites is 1. The zero-order valence-electron chi connectivity index (χ0n) is 12.1. The number of halogens is 1. The smallest absolute Gasteiger partial charge is 0.272 e. The van der Waals surface area contributed by atoms with E-state index in [2.05, 4.69) is 20.9 Å². The van der Waals surface area contributed by atoms with E-state index in [-0.39, 0.29) is 11.9 Å². The molecule has 1 amide bonds. The van der Waals surface area contributed by atoms with Crippen molar-refractivity contribution in [3.05, 3.63) is 58.3 Å². The first-order chi connectivity index (χ1) is 9.99.